The molecule has 1 aliphatic carbocycles. The number of carbonyl (C=O) groups excluding carboxylic acids is 2. The second-order valence-electron chi connectivity index (χ2n) is 10.1. The minimum absolute atomic E-state index is 0.0451. The van der Waals surface area contributed by atoms with E-state index in [1.165, 1.54) is 0 Å². The van der Waals surface area contributed by atoms with Crippen LogP contribution >= 0.6 is 0 Å². The first-order valence-corrected chi connectivity index (χ1v) is 13.3. The Hall–Kier alpha value is -4.26. The van der Waals surface area contributed by atoms with Crippen LogP contribution in [0, 0.1) is 0 Å². The third-order valence-corrected chi connectivity index (χ3v) is 7.17. The number of anilines is 4. The van der Waals surface area contributed by atoms with Crippen molar-refractivity contribution in [1.82, 2.24) is 25.2 Å². The highest BCUT2D eigenvalue weighted by atomic mass is 16.5. The maximum Gasteiger partial charge on any atom is 0.273 e. The molecular formula is C26H31N9O4. The Morgan fingerprint density at radius 2 is 1.82 bits per heavy atom. The molecule has 0 radical (unpaired) electrons. The number of hydrogen-bond acceptors (Lipinski definition) is 11. The lowest BCUT2D eigenvalue weighted by Gasteiger charge is -2.33. The standard InChI is InChI=1S/C26H31N9O4/c27-23(36)22-24(29-18-7-5-17(6-8-18)25(37)34-10-12-38-13-11-34)30-26(32-31-22)35-9-1-2-19(15-35)28-21-14-20(39-33-21)16-3-4-16/h5-8,14,16,19H,1-4,9-13,15H2,(H2,27,36)(H,28,33)(H,29,30,32)/t19-/m1/s1. The van der Waals surface area contributed by atoms with Crippen LogP contribution in [0.5, 0.6) is 0 Å². The molecular weight excluding hydrogens is 502 g/mol. The smallest absolute Gasteiger partial charge is 0.273 e. The summed E-state index contributed by atoms with van der Waals surface area (Å²) in [5, 5.41) is 19.0. The normalized spacial score (nSPS) is 19.5. The van der Waals surface area contributed by atoms with E-state index < -0.39 is 5.91 Å². The van der Waals surface area contributed by atoms with Crippen molar-refractivity contribution in [3.8, 4) is 0 Å². The summed E-state index contributed by atoms with van der Waals surface area (Å²) < 4.78 is 10.8. The molecule has 2 saturated heterocycles. The number of carbonyl (C=O) groups is 2. The summed E-state index contributed by atoms with van der Waals surface area (Å²) in [5.74, 6) is 2.01. The summed E-state index contributed by atoms with van der Waals surface area (Å²) in [7, 11) is 0. The van der Waals surface area contributed by atoms with E-state index in [4.69, 9.17) is 15.0 Å². The van der Waals surface area contributed by atoms with E-state index in [1.54, 1.807) is 29.2 Å². The molecule has 204 valence electrons. The van der Waals surface area contributed by atoms with Gasteiger partial charge in [0.05, 0.1) is 13.2 Å². The van der Waals surface area contributed by atoms with Crippen LogP contribution in [0.4, 0.5) is 23.3 Å². The molecule has 0 spiro atoms. The fourth-order valence-electron chi connectivity index (χ4n) is 4.89. The lowest BCUT2D eigenvalue weighted by atomic mass is 10.1. The molecule has 0 unspecified atom stereocenters. The molecule has 4 N–H and O–H groups in total. The highest BCUT2D eigenvalue weighted by molar-refractivity contribution is 5.97. The van der Waals surface area contributed by atoms with E-state index >= 15 is 0 Å². The number of nitrogens with two attached hydrogens (primary N) is 1. The largest absolute Gasteiger partial charge is 0.378 e. The quantitative estimate of drug-likeness (QED) is 0.388. The highest BCUT2D eigenvalue weighted by Gasteiger charge is 2.29. The summed E-state index contributed by atoms with van der Waals surface area (Å²) in [5.41, 5.74) is 6.71. The number of ether oxygens (including phenoxy) is 1. The van der Waals surface area contributed by atoms with E-state index in [0.29, 0.717) is 56.0 Å². The van der Waals surface area contributed by atoms with E-state index in [2.05, 4.69) is 31.0 Å². The molecule has 3 fully saturated rings. The molecule has 3 aliphatic rings. The van der Waals surface area contributed by atoms with Crippen molar-refractivity contribution < 1.29 is 18.8 Å². The van der Waals surface area contributed by atoms with Gasteiger partial charge in [-0.05, 0) is 49.9 Å². The van der Waals surface area contributed by atoms with Gasteiger partial charge in [-0.25, -0.2) is 0 Å². The van der Waals surface area contributed by atoms with Gasteiger partial charge in [0.25, 0.3) is 11.8 Å². The molecule has 1 aromatic carbocycles. The van der Waals surface area contributed by atoms with E-state index in [9.17, 15) is 9.59 Å². The van der Waals surface area contributed by atoms with Crippen LogP contribution in [0.3, 0.4) is 0 Å². The molecule has 1 saturated carbocycles. The fourth-order valence-corrected chi connectivity index (χ4v) is 4.89. The SMILES string of the molecule is NC(=O)c1nnc(N2CCC[C@@H](Nc3cc(C4CC4)on3)C2)nc1Nc1ccc(C(=O)N2CCOCC2)cc1. The molecule has 0 bridgehead atoms. The van der Waals surface area contributed by atoms with Crippen LogP contribution in [0.2, 0.25) is 0 Å². The molecule has 39 heavy (non-hydrogen) atoms. The van der Waals surface area contributed by atoms with E-state index in [-0.39, 0.29) is 23.5 Å². The van der Waals surface area contributed by atoms with Crippen LogP contribution in [-0.4, -0.2) is 82.5 Å². The molecule has 4 heterocycles. The van der Waals surface area contributed by atoms with Crippen LogP contribution in [0.1, 0.15) is 58.2 Å². The Labute approximate surface area is 225 Å². The maximum atomic E-state index is 12.7. The minimum Gasteiger partial charge on any atom is -0.378 e. The number of aromatic nitrogens is 4. The van der Waals surface area contributed by atoms with Gasteiger partial charge in [-0.1, -0.05) is 5.16 Å². The minimum atomic E-state index is -0.737. The molecule has 1 atom stereocenters. The highest BCUT2D eigenvalue weighted by Crippen LogP contribution is 2.40. The predicted octanol–water partition coefficient (Wildman–Crippen LogP) is 2.13. The average molecular weight is 534 g/mol. The first-order valence-electron chi connectivity index (χ1n) is 13.3. The van der Waals surface area contributed by atoms with Crippen molar-refractivity contribution in [2.45, 2.75) is 37.6 Å². The Kier molecular flexibility index (Phi) is 6.97. The summed E-state index contributed by atoms with van der Waals surface area (Å²) in [6, 6.07) is 9.10. The monoisotopic (exact) mass is 533 g/mol. The predicted molar refractivity (Wildman–Crippen MR) is 142 cm³/mol. The lowest BCUT2D eigenvalue weighted by Crippen LogP contribution is -2.43. The molecule has 3 aromatic rings. The number of nitrogens with one attached hydrogen (secondary N) is 2. The molecule has 6 rings (SSSR count). The van der Waals surface area contributed by atoms with Gasteiger partial charge in [0.15, 0.2) is 17.3 Å². The second kappa shape index (κ2) is 10.8. The first-order chi connectivity index (χ1) is 19.0. The van der Waals surface area contributed by atoms with Crippen LogP contribution < -0.4 is 21.3 Å². The van der Waals surface area contributed by atoms with Crippen molar-refractivity contribution in [2.75, 3.05) is 54.9 Å². The van der Waals surface area contributed by atoms with Crippen molar-refractivity contribution in [3.05, 3.63) is 47.3 Å². The Morgan fingerprint density at radius 3 is 2.56 bits per heavy atom. The fraction of sp³-hybridized carbons (Fsp3) is 0.462. The molecule has 2 aliphatic heterocycles. The molecule has 13 nitrogen and oxygen atoms in total. The number of nitrogens with zero attached hydrogens (tertiary/aromatic N) is 6. The van der Waals surface area contributed by atoms with Crippen LogP contribution in [-0.2, 0) is 4.74 Å². The number of piperidine rings is 1. The second-order valence-corrected chi connectivity index (χ2v) is 10.1. The van der Waals surface area contributed by atoms with Gasteiger partial charge < -0.3 is 35.4 Å². The zero-order chi connectivity index (χ0) is 26.8. The van der Waals surface area contributed by atoms with Gasteiger partial charge in [-0.15, -0.1) is 10.2 Å². The Morgan fingerprint density at radius 1 is 1.03 bits per heavy atom. The third kappa shape index (κ3) is 5.77. The van der Waals surface area contributed by atoms with Gasteiger partial charge in [-0.2, -0.15) is 4.98 Å². The van der Waals surface area contributed by atoms with Gasteiger partial charge in [0.2, 0.25) is 5.95 Å². The van der Waals surface area contributed by atoms with Crippen molar-refractivity contribution >= 4 is 35.1 Å². The van der Waals surface area contributed by atoms with Crippen molar-refractivity contribution in [1.29, 1.82) is 0 Å². The van der Waals surface area contributed by atoms with Crippen LogP contribution in [0.25, 0.3) is 0 Å². The van der Waals surface area contributed by atoms with Crippen molar-refractivity contribution in [2.24, 2.45) is 5.73 Å². The topological polar surface area (TPSA) is 165 Å². The third-order valence-electron chi connectivity index (χ3n) is 7.17. The molecule has 13 heteroatoms. The van der Waals surface area contributed by atoms with Gasteiger partial charge in [-0.3, -0.25) is 9.59 Å². The van der Waals surface area contributed by atoms with Gasteiger partial charge >= 0.3 is 0 Å². The summed E-state index contributed by atoms with van der Waals surface area (Å²) in [6.07, 6.45) is 4.21. The number of primary amides is 1. The number of morpholine rings is 1. The summed E-state index contributed by atoms with van der Waals surface area (Å²) in [6.45, 7) is 3.62. The Bertz CT molecular complexity index is 1340. The van der Waals surface area contributed by atoms with E-state index in [0.717, 1.165) is 43.8 Å². The zero-order valence-corrected chi connectivity index (χ0v) is 21.5. The summed E-state index contributed by atoms with van der Waals surface area (Å²) >= 11 is 0. The van der Waals surface area contributed by atoms with Crippen molar-refractivity contribution in [3.63, 3.8) is 0 Å². The number of benzene rings is 1. The number of hydrogen-bond donors (Lipinski definition) is 3. The maximum absolute atomic E-state index is 12.7. The van der Waals surface area contributed by atoms with Crippen LogP contribution in [0.15, 0.2) is 34.9 Å². The van der Waals surface area contributed by atoms with Gasteiger partial charge in [0, 0.05) is 55.5 Å². The summed E-state index contributed by atoms with van der Waals surface area (Å²) in [4.78, 5) is 33.2. The average Bonchev–Trinajstić information content (AvgIpc) is 3.72. The van der Waals surface area contributed by atoms with E-state index in [1.807, 2.05) is 11.0 Å². The lowest BCUT2D eigenvalue weighted by molar-refractivity contribution is 0.0303. The molecule has 2 amide bonds. The molecule has 2 aromatic heterocycles. The zero-order valence-electron chi connectivity index (χ0n) is 21.5. The number of amides is 2. The number of rotatable bonds is 8. The van der Waals surface area contributed by atoms with Gasteiger partial charge in [0.1, 0.15) is 5.76 Å². The Balaban J connectivity index is 1.15. The first kappa shape index (κ1) is 25.0.